The monoisotopic (exact) mass is 296 g/mol. The molecule has 1 saturated heterocycles. The van der Waals surface area contributed by atoms with E-state index >= 15 is 0 Å². The fraction of sp³-hybridized carbons (Fsp3) is 0.944. The van der Waals surface area contributed by atoms with E-state index in [-0.39, 0.29) is 6.04 Å². The second-order valence-electron chi connectivity index (χ2n) is 6.54. The van der Waals surface area contributed by atoms with Crippen molar-refractivity contribution < 1.29 is 4.79 Å². The van der Waals surface area contributed by atoms with Crippen LogP contribution in [0.25, 0.3) is 0 Å². The number of hydrogen-bond donors (Lipinski definition) is 1. The maximum absolute atomic E-state index is 12.2. The van der Waals surface area contributed by atoms with Gasteiger partial charge < -0.3 is 10.2 Å². The first-order valence-corrected chi connectivity index (χ1v) is 9.28. The molecule has 0 radical (unpaired) electrons. The van der Waals surface area contributed by atoms with Crippen LogP contribution < -0.4 is 5.32 Å². The number of nitrogens with zero attached hydrogens (tertiary/aromatic N) is 1. The molecule has 1 fully saturated rings. The number of amides is 1. The lowest BCUT2D eigenvalue weighted by atomic mass is 10.1. The van der Waals surface area contributed by atoms with Gasteiger partial charge in [0.15, 0.2) is 0 Å². The summed E-state index contributed by atoms with van der Waals surface area (Å²) in [6.07, 6.45) is 14.4. The number of piperidine rings is 1. The number of carbonyl (C=O) groups excluding carboxylic acids is 1. The van der Waals surface area contributed by atoms with Crippen molar-refractivity contribution in [3.05, 3.63) is 0 Å². The highest BCUT2D eigenvalue weighted by molar-refractivity contribution is 5.81. The van der Waals surface area contributed by atoms with E-state index in [0.717, 1.165) is 19.6 Å². The fourth-order valence-corrected chi connectivity index (χ4v) is 3.05. The summed E-state index contributed by atoms with van der Waals surface area (Å²) >= 11 is 0. The summed E-state index contributed by atoms with van der Waals surface area (Å²) in [5.41, 5.74) is 0. The molecule has 0 aromatic heterocycles. The van der Waals surface area contributed by atoms with E-state index < -0.39 is 0 Å². The van der Waals surface area contributed by atoms with Crippen LogP contribution in [0.5, 0.6) is 0 Å². The molecule has 0 aliphatic carbocycles. The van der Waals surface area contributed by atoms with Crippen molar-refractivity contribution in [2.75, 3.05) is 19.6 Å². The normalized spacial score (nSPS) is 17.0. The second kappa shape index (κ2) is 12.0. The zero-order valence-corrected chi connectivity index (χ0v) is 14.3. The summed E-state index contributed by atoms with van der Waals surface area (Å²) in [6.45, 7) is 7.18. The lowest BCUT2D eigenvalue weighted by Gasteiger charge is -2.29. The van der Waals surface area contributed by atoms with Gasteiger partial charge in [0.25, 0.3) is 0 Å². The summed E-state index contributed by atoms with van der Waals surface area (Å²) in [4.78, 5) is 14.3. The summed E-state index contributed by atoms with van der Waals surface area (Å²) < 4.78 is 0. The fourth-order valence-electron chi connectivity index (χ4n) is 3.05. The van der Waals surface area contributed by atoms with Gasteiger partial charge in [-0.15, -0.1) is 0 Å². The third-order valence-electron chi connectivity index (χ3n) is 4.52. The quantitative estimate of drug-likeness (QED) is 0.582. The van der Waals surface area contributed by atoms with Crippen molar-refractivity contribution >= 4 is 5.91 Å². The molecule has 1 rings (SSSR count). The Balaban J connectivity index is 1.95. The van der Waals surface area contributed by atoms with Crippen molar-refractivity contribution in [1.82, 2.24) is 10.2 Å². The Morgan fingerprint density at radius 2 is 1.52 bits per heavy atom. The molecule has 1 aliphatic rings. The topological polar surface area (TPSA) is 32.3 Å². The van der Waals surface area contributed by atoms with Gasteiger partial charge in [-0.05, 0) is 39.2 Å². The van der Waals surface area contributed by atoms with Crippen LogP contribution in [0.1, 0.15) is 84.5 Å². The third kappa shape index (κ3) is 8.45. The number of likely N-dealkylation sites (tertiary alicyclic amines) is 1. The minimum absolute atomic E-state index is 0.00680. The molecule has 1 heterocycles. The number of carbonyl (C=O) groups is 1. The maximum Gasteiger partial charge on any atom is 0.239 e. The summed E-state index contributed by atoms with van der Waals surface area (Å²) in [5.74, 6) is 0.300. The highest BCUT2D eigenvalue weighted by Gasteiger charge is 2.21. The Hall–Kier alpha value is -0.570. The molecule has 1 unspecified atom stereocenters. The zero-order valence-electron chi connectivity index (χ0n) is 14.3. The van der Waals surface area contributed by atoms with Crippen LogP contribution >= 0.6 is 0 Å². The van der Waals surface area contributed by atoms with Crippen LogP contribution in [0.2, 0.25) is 0 Å². The zero-order chi connectivity index (χ0) is 15.3. The van der Waals surface area contributed by atoms with E-state index in [0.29, 0.717) is 5.91 Å². The van der Waals surface area contributed by atoms with E-state index in [1.54, 1.807) is 0 Å². The molecule has 3 nitrogen and oxygen atoms in total. The first-order chi connectivity index (χ1) is 10.3. The lowest BCUT2D eigenvalue weighted by Crippen LogP contribution is -2.47. The van der Waals surface area contributed by atoms with Crippen LogP contribution in [-0.4, -0.2) is 36.5 Å². The molecule has 1 N–H and O–H groups in total. The molecule has 0 aromatic carbocycles. The summed E-state index contributed by atoms with van der Waals surface area (Å²) in [6, 6.07) is -0.00680. The summed E-state index contributed by atoms with van der Waals surface area (Å²) in [5, 5.41) is 3.40. The Morgan fingerprint density at radius 3 is 2.14 bits per heavy atom. The second-order valence-corrected chi connectivity index (χ2v) is 6.54. The van der Waals surface area contributed by atoms with Gasteiger partial charge in [0.05, 0.1) is 6.04 Å². The molecule has 0 spiro atoms. The maximum atomic E-state index is 12.2. The van der Waals surface area contributed by atoms with E-state index in [1.165, 1.54) is 70.6 Å². The minimum Gasteiger partial charge on any atom is -0.341 e. The van der Waals surface area contributed by atoms with Crippen LogP contribution in [0.15, 0.2) is 0 Å². The number of hydrogen-bond acceptors (Lipinski definition) is 2. The Bertz CT molecular complexity index is 262. The first-order valence-electron chi connectivity index (χ1n) is 9.28. The molecule has 1 amide bonds. The number of unbranched alkanes of at least 4 members (excludes halogenated alkanes) is 7. The van der Waals surface area contributed by atoms with E-state index in [2.05, 4.69) is 12.2 Å². The average molecular weight is 296 g/mol. The predicted molar refractivity (Wildman–Crippen MR) is 90.5 cm³/mol. The SMILES string of the molecule is CCCCCCCCCCNC(C)C(=O)N1CCCCC1. The van der Waals surface area contributed by atoms with Gasteiger partial charge in [0.1, 0.15) is 0 Å². The number of nitrogens with one attached hydrogen (secondary N) is 1. The van der Waals surface area contributed by atoms with Gasteiger partial charge in [0, 0.05) is 13.1 Å². The van der Waals surface area contributed by atoms with Crippen LogP contribution in [0.4, 0.5) is 0 Å². The Kier molecular flexibility index (Phi) is 10.6. The molecule has 0 saturated carbocycles. The minimum atomic E-state index is -0.00680. The molecule has 0 bridgehead atoms. The van der Waals surface area contributed by atoms with E-state index in [1.807, 2.05) is 11.8 Å². The molecule has 21 heavy (non-hydrogen) atoms. The lowest BCUT2D eigenvalue weighted by molar-refractivity contribution is -0.133. The van der Waals surface area contributed by atoms with Crippen molar-refractivity contribution in [3.8, 4) is 0 Å². The van der Waals surface area contributed by atoms with E-state index in [4.69, 9.17) is 0 Å². The number of rotatable bonds is 11. The van der Waals surface area contributed by atoms with Crippen LogP contribution in [0, 0.1) is 0 Å². The summed E-state index contributed by atoms with van der Waals surface area (Å²) in [7, 11) is 0. The van der Waals surface area contributed by atoms with Gasteiger partial charge >= 0.3 is 0 Å². The highest BCUT2D eigenvalue weighted by Crippen LogP contribution is 2.10. The van der Waals surface area contributed by atoms with Gasteiger partial charge in [0.2, 0.25) is 5.91 Å². The molecule has 1 atom stereocenters. The molecule has 1 aliphatic heterocycles. The third-order valence-corrected chi connectivity index (χ3v) is 4.52. The van der Waals surface area contributed by atoms with Crippen molar-refractivity contribution in [1.29, 1.82) is 0 Å². The van der Waals surface area contributed by atoms with Crippen LogP contribution in [0.3, 0.4) is 0 Å². The van der Waals surface area contributed by atoms with Crippen LogP contribution in [-0.2, 0) is 4.79 Å². The molecular weight excluding hydrogens is 260 g/mol. The Labute approximate surface area is 131 Å². The van der Waals surface area contributed by atoms with Gasteiger partial charge in [-0.3, -0.25) is 4.79 Å². The van der Waals surface area contributed by atoms with Crippen molar-refractivity contribution in [2.24, 2.45) is 0 Å². The van der Waals surface area contributed by atoms with Gasteiger partial charge in [-0.2, -0.15) is 0 Å². The molecule has 124 valence electrons. The average Bonchev–Trinajstić information content (AvgIpc) is 2.53. The van der Waals surface area contributed by atoms with Crippen molar-refractivity contribution in [3.63, 3.8) is 0 Å². The molecular formula is C18H36N2O. The Morgan fingerprint density at radius 1 is 0.952 bits per heavy atom. The molecule has 0 aromatic rings. The van der Waals surface area contributed by atoms with Crippen molar-refractivity contribution in [2.45, 2.75) is 90.5 Å². The standard InChI is InChI=1S/C18H36N2O/c1-3-4-5-6-7-8-9-11-14-19-17(2)18(21)20-15-12-10-13-16-20/h17,19H,3-16H2,1-2H3. The highest BCUT2D eigenvalue weighted by atomic mass is 16.2. The predicted octanol–water partition coefficient (Wildman–Crippen LogP) is 4.12. The largest absolute Gasteiger partial charge is 0.341 e. The van der Waals surface area contributed by atoms with Gasteiger partial charge in [-0.25, -0.2) is 0 Å². The first kappa shape index (κ1) is 18.5. The van der Waals surface area contributed by atoms with E-state index in [9.17, 15) is 4.79 Å². The molecule has 3 heteroatoms. The van der Waals surface area contributed by atoms with Gasteiger partial charge in [-0.1, -0.05) is 51.9 Å². The smallest absolute Gasteiger partial charge is 0.239 e.